The quantitative estimate of drug-likeness (QED) is 0.507. The van der Waals surface area contributed by atoms with E-state index in [1.807, 2.05) is 72.8 Å². The number of piperidine rings is 1. The molecule has 1 heterocycles. The highest BCUT2D eigenvalue weighted by molar-refractivity contribution is 7.93. The molecule has 1 aliphatic rings. The summed E-state index contributed by atoms with van der Waals surface area (Å²) in [5, 5.41) is 0. The first-order valence-corrected chi connectivity index (χ1v) is 12.4. The minimum atomic E-state index is -2.66. The van der Waals surface area contributed by atoms with Gasteiger partial charge in [0.1, 0.15) is 15.5 Å². The van der Waals surface area contributed by atoms with Gasteiger partial charge in [0.15, 0.2) is 0 Å². The zero-order chi connectivity index (χ0) is 21.5. The highest BCUT2D eigenvalue weighted by atomic mass is 32.2. The average molecular weight is 435 g/mol. The summed E-state index contributed by atoms with van der Waals surface area (Å²) >= 11 is 0. The number of nitrogens with zero attached hydrogens (tertiary/aromatic N) is 2. The van der Waals surface area contributed by atoms with Gasteiger partial charge in [-0.3, -0.25) is 0 Å². The van der Waals surface area contributed by atoms with Crippen molar-refractivity contribution in [2.24, 2.45) is 4.36 Å². The molecule has 0 amide bonds. The fourth-order valence-electron chi connectivity index (χ4n) is 4.08. The highest BCUT2D eigenvalue weighted by Crippen LogP contribution is 2.26. The van der Waals surface area contributed by atoms with Gasteiger partial charge in [0.25, 0.3) is 0 Å². The number of likely N-dealkylation sites (tertiary alicyclic amines) is 1. The molecule has 4 rings (SSSR count). The summed E-state index contributed by atoms with van der Waals surface area (Å²) in [6.45, 7) is 2.91. The van der Waals surface area contributed by atoms with Crippen LogP contribution in [0.1, 0.15) is 18.4 Å². The second kappa shape index (κ2) is 10.1. The maximum Gasteiger partial charge on any atom is 0.118 e. The van der Waals surface area contributed by atoms with Gasteiger partial charge in [-0.2, -0.15) is 0 Å². The number of hydrogen-bond donors (Lipinski definition) is 0. The first-order chi connectivity index (χ1) is 15.2. The molecule has 31 heavy (non-hydrogen) atoms. The van der Waals surface area contributed by atoms with Crippen molar-refractivity contribution >= 4 is 9.73 Å². The smallest absolute Gasteiger partial charge is 0.118 e. The van der Waals surface area contributed by atoms with E-state index in [1.54, 1.807) is 7.11 Å². The Balaban J connectivity index is 1.52. The third-order valence-electron chi connectivity index (χ3n) is 5.78. The molecule has 1 fully saturated rings. The van der Waals surface area contributed by atoms with Crippen molar-refractivity contribution in [2.45, 2.75) is 35.1 Å². The van der Waals surface area contributed by atoms with Crippen molar-refractivity contribution in [1.29, 1.82) is 0 Å². The topological polar surface area (TPSA) is 41.9 Å². The molecule has 0 radical (unpaired) electrons. The monoisotopic (exact) mass is 434 g/mol. The Hall–Kier alpha value is -2.63. The van der Waals surface area contributed by atoms with Gasteiger partial charge in [0, 0.05) is 13.1 Å². The van der Waals surface area contributed by atoms with Gasteiger partial charge in [-0.25, -0.2) is 8.57 Å². The Morgan fingerprint density at radius 2 is 1.55 bits per heavy atom. The van der Waals surface area contributed by atoms with Crippen LogP contribution in [0.15, 0.2) is 99.1 Å². The van der Waals surface area contributed by atoms with Crippen molar-refractivity contribution in [1.82, 2.24) is 4.90 Å². The fraction of sp³-hybridized carbons (Fsp3) is 0.308. The van der Waals surface area contributed by atoms with Crippen LogP contribution in [0.3, 0.4) is 0 Å². The number of rotatable bonds is 7. The summed E-state index contributed by atoms with van der Waals surface area (Å²) in [5.41, 5.74) is 1.30. The van der Waals surface area contributed by atoms with Gasteiger partial charge in [-0.1, -0.05) is 48.5 Å². The highest BCUT2D eigenvalue weighted by Gasteiger charge is 2.23. The molecule has 0 saturated carbocycles. The molecule has 0 unspecified atom stereocenters. The van der Waals surface area contributed by atoms with E-state index >= 15 is 0 Å². The van der Waals surface area contributed by atoms with Crippen molar-refractivity contribution < 1.29 is 8.95 Å². The van der Waals surface area contributed by atoms with E-state index in [-0.39, 0.29) is 6.04 Å². The molecule has 0 aromatic heterocycles. The first kappa shape index (κ1) is 21.6. The number of ether oxygens (including phenoxy) is 1. The van der Waals surface area contributed by atoms with E-state index in [2.05, 4.69) is 17.0 Å². The van der Waals surface area contributed by atoms with E-state index in [0.717, 1.165) is 54.4 Å². The molecule has 1 atom stereocenters. The van der Waals surface area contributed by atoms with E-state index in [0.29, 0.717) is 0 Å². The molecule has 3 aromatic carbocycles. The van der Waals surface area contributed by atoms with Crippen molar-refractivity contribution in [3.05, 3.63) is 90.5 Å². The standard InChI is InChI=1S/C26H30N2O2S/c1-30-24-16-14-22(15-17-24)18-20-28-19-8-9-23(21-28)27-31(29,25-10-4-2-5-11-25)26-12-6-3-7-13-26/h2-7,10-17,23H,8-9,18-21H2,1H3/t23-/m1/s1. The summed E-state index contributed by atoms with van der Waals surface area (Å²) in [6, 6.07) is 27.7. The molecule has 1 aliphatic heterocycles. The van der Waals surface area contributed by atoms with Gasteiger partial charge < -0.3 is 9.64 Å². The lowest BCUT2D eigenvalue weighted by Crippen LogP contribution is -2.39. The van der Waals surface area contributed by atoms with Crippen LogP contribution in [-0.2, 0) is 16.1 Å². The van der Waals surface area contributed by atoms with E-state index in [9.17, 15) is 4.21 Å². The van der Waals surface area contributed by atoms with Crippen molar-refractivity contribution in [3.8, 4) is 5.75 Å². The summed E-state index contributed by atoms with van der Waals surface area (Å²) in [5.74, 6) is 0.886. The molecule has 0 N–H and O–H groups in total. The lowest BCUT2D eigenvalue weighted by molar-refractivity contribution is 0.213. The average Bonchev–Trinajstić information content (AvgIpc) is 2.84. The Bertz CT molecular complexity index is 1030. The molecule has 0 aliphatic carbocycles. The number of hydrogen-bond acceptors (Lipinski definition) is 4. The van der Waals surface area contributed by atoms with E-state index in [1.165, 1.54) is 5.56 Å². The minimum Gasteiger partial charge on any atom is -0.497 e. The van der Waals surface area contributed by atoms with Crippen LogP contribution in [-0.4, -0.2) is 41.9 Å². The first-order valence-electron chi connectivity index (χ1n) is 10.9. The van der Waals surface area contributed by atoms with E-state index in [4.69, 9.17) is 9.10 Å². The zero-order valence-electron chi connectivity index (χ0n) is 18.0. The van der Waals surface area contributed by atoms with Crippen LogP contribution in [0, 0.1) is 0 Å². The van der Waals surface area contributed by atoms with Gasteiger partial charge in [-0.15, -0.1) is 0 Å². The molecule has 0 spiro atoms. The SMILES string of the molecule is COc1ccc(CCN2CCC[C@@H](N=S(=O)(c3ccccc3)c3ccccc3)C2)cc1. The predicted molar refractivity (Wildman–Crippen MR) is 126 cm³/mol. The Morgan fingerprint density at radius 1 is 0.935 bits per heavy atom. The summed E-state index contributed by atoms with van der Waals surface area (Å²) in [6.07, 6.45) is 3.05. The van der Waals surface area contributed by atoms with Crippen LogP contribution in [0.2, 0.25) is 0 Å². The lowest BCUT2D eigenvalue weighted by atomic mass is 10.1. The third-order valence-corrected chi connectivity index (χ3v) is 8.20. The molecule has 162 valence electrons. The maximum atomic E-state index is 14.2. The second-order valence-corrected chi connectivity index (χ2v) is 10.2. The molecule has 4 nitrogen and oxygen atoms in total. The van der Waals surface area contributed by atoms with Gasteiger partial charge >= 0.3 is 0 Å². The van der Waals surface area contributed by atoms with Crippen LogP contribution < -0.4 is 4.74 Å². The Labute approximate surface area is 186 Å². The molecule has 3 aromatic rings. The van der Waals surface area contributed by atoms with Crippen LogP contribution >= 0.6 is 0 Å². The summed E-state index contributed by atoms with van der Waals surface area (Å²) < 4.78 is 24.5. The lowest BCUT2D eigenvalue weighted by Gasteiger charge is -2.31. The maximum absolute atomic E-state index is 14.2. The molecule has 0 bridgehead atoms. The zero-order valence-corrected chi connectivity index (χ0v) is 18.8. The second-order valence-electron chi connectivity index (χ2n) is 7.95. The van der Waals surface area contributed by atoms with Gasteiger partial charge in [0.05, 0.1) is 22.9 Å². The van der Waals surface area contributed by atoms with Crippen LogP contribution in [0.25, 0.3) is 0 Å². The molecule has 5 heteroatoms. The van der Waals surface area contributed by atoms with Crippen LogP contribution in [0.5, 0.6) is 5.75 Å². The number of methoxy groups -OCH3 is 1. The third kappa shape index (κ3) is 5.35. The largest absolute Gasteiger partial charge is 0.497 e. The Kier molecular flexibility index (Phi) is 7.05. The molecular weight excluding hydrogens is 404 g/mol. The van der Waals surface area contributed by atoms with Crippen molar-refractivity contribution in [3.63, 3.8) is 0 Å². The van der Waals surface area contributed by atoms with Gasteiger partial charge in [0.2, 0.25) is 0 Å². The minimum absolute atomic E-state index is 0.0672. The normalized spacial score (nSPS) is 17.3. The summed E-state index contributed by atoms with van der Waals surface area (Å²) in [4.78, 5) is 4.03. The Morgan fingerprint density at radius 3 is 2.13 bits per heavy atom. The predicted octanol–water partition coefficient (Wildman–Crippen LogP) is 5.29. The van der Waals surface area contributed by atoms with Crippen molar-refractivity contribution in [2.75, 3.05) is 26.7 Å². The molecule has 1 saturated heterocycles. The van der Waals surface area contributed by atoms with Crippen LogP contribution in [0.4, 0.5) is 0 Å². The van der Waals surface area contributed by atoms with Gasteiger partial charge in [-0.05, 0) is 67.8 Å². The number of benzene rings is 3. The fourth-order valence-corrected chi connectivity index (χ4v) is 6.24. The molecular formula is C26H30N2O2S. The van der Waals surface area contributed by atoms with E-state index < -0.39 is 9.73 Å². The summed E-state index contributed by atoms with van der Waals surface area (Å²) in [7, 11) is -0.970.